The van der Waals surface area contributed by atoms with E-state index in [2.05, 4.69) is 219 Å². The maximum atomic E-state index is 2.55. The molecule has 2 aliphatic rings. The van der Waals surface area contributed by atoms with Crippen LogP contribution in [0.4, 0.5) is 34.1 Å². The number of para-hydroxylation sites is 4. The third kappa shape index (κ3) is 6.07. The summed E-state index contributed by atoms with van der Waals surface area (Å²) in [5, 5.41) is 0. The van der Waals surface area contributed by atoms with Gasteiger partial charge < -0.3 is 9.80 Å². The Bertz CT molecular complexity index is 2790. The molecular weight excluding hydrogens is 698 g/mol. The van der Waals surface area contributed by atoms with Crippen molar-refractivity contribution in [1.82, 2.24) is 0 Å². The number of anilines is 6. The minimum Gasteiger partial charge on any atom is -0.312 e. The Balaban J connectivity index is 1.08. The van der Waals surface area contributed by atoms with Crippen molar-refractivity contribution in [2.45, 2.75) is 40.5 Å². The monoisotopic (exact) mass is 744 g/mol. The van der Waals surface area contributed by atoms with Crippen LogP contribution in [0.15, 0.2) is 182 Å². The average Bonchev–Trinajstić information content (AvgIpc) is 3.25. The lowest BCUT2D eigenvalue weighted by Gasteiger charge is -2.39. The van der Waals surface area contributed by atoms with Gasteiger partial charge in [-0.2, -0.15) is 0 Å². The summed E-state index contributed by atoms with van der Waals surface area (Å²) in [7, 11) is 0. The van der Waals surface area contributed by atoms with Crippen LogP contribution in [-0.4, -0.2) is 13.4 Å². The van der Waals surface area contributed by atoms with Crippen LogP contribution in [0.1, 0.15) is 33.4 Å². The zero-order chi connectivity index (χ0) is 39.3. The Morgan fingerprint density at radius 2 is 0.948 bits per heavy atom. The molecule has 0 saturated heterocycles. The number of rotatable bonds is 7. The van der Waals surface area contributed by atoms with Crippen LogP contribution in [0, 0.1) is 27.7 Å². The molecule has 278 valence electrons. The molecule has 2 aliphatic heterocycles. The molecule has 0 N–H and O–H groups in total. The Morgan fingerprint density at radius 1 is 0.397 bits per heavy atom. The maximum absolute atomic E-state index is 2.55. The molecule has 0 saturated carbocycles. The van der Waals surface area contributed by atoms with Crippen molar-refractivity contribution in [3.05, 3.63) is 215 Å². The minimum atomic E-state index is 0.120. The molecule has 58 heavy (non-hydrogen) atoms. The van der Waals surface area contributed by atoms with E-state index < -0.39 is 0 Å². The first-order valence-corrected chi connectivity index (χ1v) is 20.7. The molecule has 8 aromatic rings. The van der Waals surface area contributed by atoms with Gasteiger partial charge in [0, 0.05) is 28.4 Å². The highest BCUT2D eigenvalue weighted by Crippen LogP contribution is 2.40. The SMILES string of the molecule is Cc1ccc2c(c1)N(c1ccccc1)c1ccccc1B2c1c(C)cccc1CCc1ccc2c(c1)N(c1c(C)cccc1C)c1ccccc1B2c1ccccc1. The Hall–Kier alpha value is -6.51. The lowest BCUT2D eigenvalue weighted by molar-refractivity contribution is 0.964. The van der Waals surface area contributed by atoms with Crippen LogP contribution >= 0.6 is 0 Å². The lowest BCUT2D eigenvalue weighted by Crippen LogP contribution is -2.59. The van der Waals surface area contributed by atoms with Gasteiger partial charge in [-0.3, -0.25) is 0 Å². The van der Waals surface area contributed by atoms with Gasteiger partial charge in [0.1, 0.15) is 0 Å². The molecule has 0 bridgehead atoms. The van der Waals surface area contributed by atoms with Gasteiger partial charge in [-0.1, -0.05) is 168 Å². The Morgan fingerprint density at radius 3 is 1.69 bits per heavy atom. The van der Waals surface area contributed by atoms with E-state index in [1.54, 1.807) is 0 Å². The molecular formula is C54H46B2N2. The lowest BCUT2D eigenvalue weighted by atomic mass is 9.33. The predicted octanol–water partition coefficient (Wildman–Crippen LogP) is 9.30. The summed E-state index contributed by atoms with van der Waals surface area (Å²) in [6, 6.07) is 67.9. The number of hydrogen-bond donors (Lipinski definition) is 0. The van der Waals surface area contributed by atoms with E-state index in [1.165, 1.54) is 100 Å². The second kappa shape index (κ2) is 14.8. The highest BCUT2D eigenvalue weighted by atomic mass is 15.2. The first-order valence-electron chi connectivity index (χ1n) is 20.7. The highest BCUT2D eigenvalue weighted by molar-refractivity contribution is 6.99. The van der Waals surface area contributed by atoms with E-state index in [1.807, 2.05) is 0 Å². The third-order valence-electron chi connectivity index (χ3n) is 12.6. The molecule has 8 aromatic carbocycles. The molecule has 0 amide bonds. The third-order valence-corrected chi connectivity index (χ3v) is 12.6. The van der Waals surface area contributed by atoms with Crippen LogP contribution in [0.5, 0.6) is 0 Å². The van der Waals surface area contributed by atoms with Crippen molar-refractivity contribution in [3.8, 4) is 0 Å². The van der Waals surface area contributed by atoms with Crippen LogP contribution < -0.4 is 42.6 Å². The fraction of sp³-hybridized carbons (Fsp3) is 0.111. The highest BCUT2D eigenvalue weighted by Gasteiger charge is 2.38. The van der Waals surface area contributed by atoms with Crippen LogP contribution in [0.25, 0.3) is 0 Å². The quantitative estimate of drug-likeness (QED) is 0.150. The van der Waals surface area contributed by atoms with E-state index in [-0.39, 0.29) is 13.4 Å². The van der Waals surface area contributed by atoms with E-state index in [0.717, 1.165) is 12.8 Å². The molecule has 0 aromatic heterocycles. The molecule has 0 atom stereocenters. The van der Waals surface area contributed by atoms with Gasteiger partial charge in [-0.25, -0.2) is 0 Å². The number of fused-ring (bicyclic) bond motifs is 4. The van der Waals surface area contributed by atoms with Crippen molar-refractivity contribution >= 4 is 80.3 Å². The first-order chi connectivity index (χ1) is 28.5. The first kappa shape index (κ1) is 35.9. The smallest absolute Gasteiger partial charge is 0.247 e. The van der Waals surface area contributed by atoms with Gasteiger partial charge in [0.05, 0.1) is 5.69 Å². The number of aryl methyl sites for hydroxylation is 6. The summed E-state index contributed by atoms with van der Waals surface area (Å²) in [6.45, 7) is 9.28. The Kier molecular flexibility index (Phi) is 9.14. The second-order valence-electron chi connectivity index (χ2n) is 16.2. The predicted molar refractivity (Wildman–Crippen MR) is 251 cm³/mol. The zero-order valence-electron chi connectivity index (χ0n) is 33.8. The molecule has 0 spiro atoms. The van der Waals surface area contributed by atoms with Gasteiger partial charge in [-0.15, -0.1) is 0 Å². The standard InChI is InChI=1S/C54H46B2N2/c1-37-29-33-48-51(35-37)57(44-23-9-6-10-24-44)49-27-13-12-26-46(49)56(48)53-38(2)17-16-20-42(53)32-30-41-31-34-47-52(36-41)58(54-39(3)18-15-19-40(54)4)50-28-14-11-25-45(50)55(47)43-21-7-5-8-22-43/h5-29,31,33-36H,30,32H2,1-4H3. The van der Waals surface area contributed by atoms with Crippen LogP contribution in [-0.2, 0) is 12.8 Å². The normalized spacial score (nSPS) is 12.8. The van der Waals surface area contributed by atoms with Crippen molar-refractivity contribution in [2.24, 2.45) is 0 Å². The molecule has 0 aliphatic carbocycles. The summed E-state index contributed by atoms with van der Waals surface area (Å²) in [5.74, 6) is 0. The van der Waals surface area contributed by atoms with Crippen LogP contribution in [0.3, 0.4) is 0 Å². The van der Waals surface area contributed by atoms with E-state index in [0.29, 0.717) is 0 Å². The number of hydrogen-bond acceptors (Lipinski definition) is 2. The molecule has 2 nitrogen and oxygen atoms in total. The maximum Gasteiger partial charge on any atom is 0.247 e. The molecule has 0 unspecified atom stereocenters. The van der Waals surface area contributed by atoms with Gasteiger partial charge in [0.15, 0.2) is 0 Å². The van der Waals surface area contributed by atoms with Gasteiger partial charge in [-0.05, 0) is 121 Å². The summed E-state index contributed by atoms with van der Waals surface area (Å²) in [4.78, 5) is 5.01. The second-order valence-corrected chi connectivity index (χ2v) is 16.2. The summed E-state index contributed by atoms with van der Waals surface area (Å²) in [5.41, 5.74) is 23.6. The summed E-state index contributed by atoms with van der Waals surface area (Å²) in [6.07, 6.45) is 1.88. The number of benzene rings is 8. The molecule has 2 heterocycles. The van der Waals surface area contributed by atoms with Crippen LogP contribution in [0.2, 0.25) is 0 Å². The van der Waals surface area contributed by atoms with Gasteiger partial charge >= 0.3 is 0 Å². The Labute approximate surface area is 344 Å². The fourth-order valence-corrected chi connectivity index (χ4v) is 9.96. The summed E-state index contributed by atoms with van der Waals surface area (Å²) >= 11 is 0. The molecule has 10 rings (SSSR count). The molecule has 0 fully saturated rings. The minimum absolute atomic E-state index is 0.120. The van der Waals surface area contributed by atoms with Gasteiger partial charge in [0.2, 0.25) is 13.4 Å². The van der Waals surface area contributed by atoms with Crippen molar-refractivity contribution in [3.63, 3.8) is 0 Å². The topological polar surface area (TPSA) is 6.48 Å². The van der Waals surface area contributed by atoms with Crippen molar-refractivity contribution in [2.75, 3.05) is 9.80 Å². The van der Waals surface area contributed by atoms with Crippen molar-refractivity contribution < 1.29 is 0 Å². The summed E-state index contributed by atoms with van der Waals surface area (Å²) < 4.78 is 0. The zero-order valence-corrected chi connectivity index (χ0v) is 33.8. The number of nitrogens with zero attached hydrogens (tertiary/aromatic N) is 2. The van der Waals surface area contributed by atoms with Gasteiger partial charge in [0.25, 0.3) is 0 Å². The average molecular weight is 745 g/mol. The van der Waals surface area contributed by atoms with E-state index >= 15 is 0 Å². The largest absolute Gasteiger partial charge is 0.312 e. The molecule has 4 heteroatoms. The van der Waals surface area contributed by atoms with E-state index in [4.69, 9.17) is 0 Å². The van der Waals surface area contributed by atoms with E-state index in [9.17, 15) is 0 Å². The van der Waals surface area contributed by atoms with Crippen molar-refractivity contribution in [1.29, 1.82) is 0 Å². The molecule has 0 radical (unpaired) electrons. The fourth-order valence-electron chi connectivity index (χ4n) is 9.96.